The van der Waals surface area contributed by atoms with E-state index >= 15 is 0 Å². The van der Waals surface area contributed by atoms with E-state index in [0.717, 1.165) is 11.1 Å². The Morgan fingerprint density at radius 1 is 0.704 bits per heavy atom. The van der Waals surface area contributed by atoms with E-state index in [1.54, 1.807) is 18.2 Å². The number of hydrogen-bond donors (Lipinski definition) is 2. The van der Waals surface area contributed by atoms with Crippen molar-refractivity contribution < 1.29 is 14.0 Å². The van der Waals surface area contributed by atoms with E-state index in [9.17, 15) is 14.0 Å². The molecule has 0 atom stereocenters. The Morgan fingerprint density at radius 2 is 1.26 bits per heavy atom. The fourth-order valence-corrected chi connectivity index (χ4v) is 2.56. The molecule has 0 radical (unpaired) electrons. The molecule has 5 heteroatoms. The van der Waals surface area contributed by atoms with Crippen LogP contribution in [-0.2, 0) is 0 Å². The van der Waals surface area contributed by atoms with E-state index in [4.69, 9.17) is 0 Å². The first-order valence-corrected chi connectivity index (χ1v) is 8.48. The highest BCUT2D eigenvalue weighted by molar-refractivity contribution is 6.08. The van der Waals surface area contributed by atoms with Crippen LogP contribution in [0.5, 0.6) is 0 Å². The molecule has 3 aromatic carbocycles. The molecule has 0 spiro atoms. The van der Waals surface area contributed by atoms with E-state index in [0.29, 0.717) is 22.5 Å². The Kier molecular flexibility index (Phi) is 5.31. The van der Waals surface area contributed by atoms with Gasteiger partial charge < -0.3 is 10.6 Å². The highest BCUT2D eigenvalue weighted by Gasteiger charge is 2.11. The number of carbonyl (C=O) groups is 2. The summed E-state index contributed by atoms with van der Waals surface area (Å²) in [5.74, 6) is -1.05. The van der Waals surface area contributed by atoms with E-state index < -0.39 is 0 Å². The van der Waals surface area contributed by atoms with Gasteiger partial charge >= 0.3 is 0 Å². The molecule has 0 aliphatic carbocycles. The summed E-state index contributed by atoms with van der Waals surface area (Å²) in [7, 11) is 0. The van der Waals surface area contributed by atoms with Crippen LogP contribution in [0.25, 0.3) is 0 Å². The van der Waals surface area contributed by atoms with Crippen LogP contribution in [-0.4, -0.2) is 11.8 Å². The number of nitrogens with one attached hydrogen (secondary N) is 2. The molecule has 0 saturated carbocycles. The van der Waals surface area contributed by atoms with Crippen LogP contribution in [0, 0.1) is 19.7 Å². The molecular weight excluding hydrogens is 343 g/mol. The Hall–Kier alpha value is -3.47. The minimum Gasteiger partial charge on any atom is -0.322 e. The number of halogens is 1. The molecule has 0 saturated heterocycles. The fraction of sp³-hybridized carbons (Fsp3) is 0.0909. The second kappa shape index (κ2) is 7.83. The van der Waals surface area contributed by atoms with E-state index in [1.165, 1.54) is 30.3 Å². The first kappa shape index (κ1) is 18.3. The lowest BCUT2D eigenvalue weighted by Crippen LogP contribution is -2.15. The molecule has 0 heterocycles. The highest BCUT2D eigenvalue weighted by Crippen LogP contribution is 2.16. The lowest BCUT2D eigenvalue weighted by molar-refractivity contribution is 0.102. The third-order valence-electron chi connectivity index (χ3n) is 4.25. The van der Waals surface area contributed by atoms with Crippen molar-refractivity contribution in [2.24, 2.45) is 0 Å². The van der Waals surface area contributed by atoms with Gasteiger partial charge in [-0.3, -0.25) is 9.59 Å². The molecule has 3 rings (SSSR count). The smallest absolute Gasteiger partial charge is 0.255 e. The normalized spacial score (nSPS) is 10.3. The van der Waals surface area contributed by atoms with Gasteiger partial charge in [0.25, 0.3) is 11.8 Å². The zero-order chi connectivity index (χ0) is 19.4. The van der Waals surface area contributed by atoms with Gasteiger partial charge in [-0.25, -0.2) is 4.39 Å². The lowest BCUT2D eigenvalue weighted by atomic mass is 10.1. The zero-order valence-corrected chi connectivity index (χ0v) is 15.0. The van der Waals surface area contributed by atoms with Crippen molar-refractivity contribution in [3.05, 3.63) is 94.8 Å². The van der Waals surface area contributed by atoms with Crippen molar-refractivity contribution in [3.8, 4) is 0 Å². The van der Waals surface area contributed by atoms with Crippen molar-refractivity contribution in [3.63, 3.8) is 0 Å². The second-order valence-corrected chi connectivity index (χ2v) is 6.29. The van der Waals surface area contributed by atoms with Crippen LogP contribution in [0.1, 0.15) is 31.8 Å². The molecule has 136 valence electrons. The van der Waals surface area contributed by atoms with Crippen LogP contribution in [0.4, 0.5) is 15.8 Å². The minimum atomic E-state index is -0.377. The van der Waals surface area contributed by atoms with Gasteiger partial charge in [-0.05, 0) is 79.6 Å². The monoisotopic (exact) mass is 362 g/mol. The highest BCUT2D eigenvalue weighted by atomic mass is 19.1. The summed E-state index contributed by atoms with van der Waals surface area (Å²) in [6.07, 6.45) is 0. The molecule has 0 bridgehead atoms. The second-order valence-electron chi connectivity index (χ2n) is 6.29. The van der Waals surface area contributed by atoms with Crippen LogP contribution in [0.2, 0.25) is 0 Å². The summed E-state index contributed by atoms with van der Waals surface area (Å²) in [6, 6.07) is 17.6. The van der Waals surface area contributed by atoms with Gasteiger partial charge in [0, 0.05) is 22.5 Å². The van der Waals surface area contributed by atoms with E-state index in [1.807, 2.05) is 32.0 Å². The molecule has 2 N–H and O–H groups in total. The third-order valence-corrected chi connectivity index (χ3v) is 4.25. The van der Waals surface area contributed by atoms with Crippen molar-refractivity contribution in [1.82, 2.24) is 0 Å². The van der Waals surface area contributed by atoms with Crippen LogP contribution in [0.3, 0.4) is 0 Å². The zero-order valence-electron chi connectivity index (χ0n) is 15.0. The standard InChI is InChI=1S/C22H19FN2O2/c1-14-6-9-20(12-15(14)2)25-22(27)17-5-3-4-16(13-17)21(26)24-19-10-7-18(23)8-11-19/h3-13H,1-2H3,(H,24,26)(H,25,27). The lowest BCUT2D eigenvalue weighted by Gasteiger charge is -2.09. The SMILES string of the molecule is Cc1ccc(NC(=O)c2cccc(C(=O)Nc3ccc(F)cc3)c2)cc1C. The molecule has 0 fully saturated rings. The van der Waals surface area contributed by atoms with Crippen LogP contribution in [0.15, 0.2) is 66.7 Å². The van der Waals surface area contributed by atoms with Gasteiger partial charge in [0.1, 0.15) is 5.82 Å². The van der Waals surface area contributed by atoms with Gasteiger partial charge in [-0.2, -0.15) is 0 Å². The van der Waals surface area contributed by atoms with E-state index in [2.05, 4.69) is 10.6 Å². The molecule has 0 aromatic heterocycles. The molecule has 4 nitrogen and oxygen atoms in total. The van der Waals surface area contributed by atoms with Crippen LogP contribution >= 0.6 is 0 Å². The number of benzene rings is 3. The van der Waals surface area contributed by atoms with E-state index in [-0.39, 0.29) is 17.6 Å². The Bertz CT molecular complexity index is 997. The maximum absolute atomic E-state index is 13.0. The largest absolute Gasteiger partial charge is 0.322 e. The number of amides is 2. The Morgan fingerprint density at radius 3 is 1.85 bits per heavy atom. The summed E-state index contributed by atoms with van der Waals surface area (Å²) in [6.45, 7) is 3.98. The van der Waals surface area contributed by atoms with Crippen molar-refractivity contribution >= 4 is 23.2 Å². The number of carbonyl (C=O) groups excluding carboxylic acids is 2. The van der Waals surface area contributed by atoms with Gasteiger partial charge in [-0.1, -0.05) is 12.1 Å². The minimum absolute atomic E-state index is 0.297. The van der Waals surface area contributed by atoms with Crippen LogP contribution < -0.4 is 10.6 Å². The molecule has 3 aromatic rings. The Labute approximate surface area is 157 Å². The van der Waals surface area contributed by atoms with Crippen molar-refractivity contribution in [1.29, 1.82) is 0 Å². The van der Waals surface area contributed by atoms with Gasteiger partial charge in [-0.15, -0.1) is 0 Å². The van der Waals surface area contributed by atoms with Gasteiger partial charge in [0.05, 0.1) is 0 Å². The molecular formula is C22H19FN2O2. The average molecular weight is 362 g/mol. The quantitative estimate of drug-likeness (QED) is 0.690. The summed E-state index contributed by atoms with van der Waals surface area (Å²) < 4.78 is 13.0. The first-order chi connectivity index (χ1) is 12.9. The summed E-state index contributed by atoms with van der Waals surface area (Å²) in [5.41, 5.74) is 4.12. The summed E-state index contributed by atoms with van der Waals surface area (Å²) >= 11 is 0. The number of hydrogen-bond acceptors (Lipinski definition) is 2. The maximum Gasteiger partial charge on any atom is 0.255 e. The predicted octanol–water partition coefficient (Wildman–Crippen LogP) is 4.95. The van der Waals surface area contributed by atoms with Crippen molar-refractivity contribution in [2.45, 2.75) is 13.8 Å². The molecule has 0 aliphatic rings. The first-order valence-electron chi connectivity index (χ1n) is 8.48. The predicted molar refractivity (Wildman–Crippen MR) is 105 cm³/mol. The maximum atomic E-state index is 13.0. The molecule has 27 heavy (non-hydrogen) atoms. The van der Waals surface area contributed by atoms with Gasteiger partial charge in [0.15, 0.2) is 0 Å². The molecule has 0 unspecified atom stereocenters. The summed E-state index contributed by atoms with van der Waals surface area (Å²) in [5, 5.41) is 5.51. The summed E-state index contributed by atoms with van der Waals surface area (Å²) in [4.78, 5) is 24.9. The van der Waals surface area contributed by atoms with Crippen molar-refractivity contribution in [2.75, 3.05) is 10.6 Å². The van der Waals surface area contributed by atoms with Gasteiger partial charge in [0.2, 0.25) is 0 Å². The molecule has 2 amide bonds. The number of aryl methyl sites for hydroxylation is 2. The fourth-order valence-electron chi connectivity index (χ4n) is 2.56. The average Bonchev–Trinajstić information content (AvgIpc) is 2.66. The third kappa shape index (κ3) is 4.58. The molecule has 0 aliphatic heterocycles. The number of anilines is 2. The topological polar surface area (TPSA) is 58.2 Å². The number of rotatable bonds is 4. The Balaban J connectivity index is 1.73.